The summed E-state index contributed by atoms with van der Waals surface area (Å²) in [5.41, 5.74) is 7.44. The first-order valence-electron chi connectivity index (χ1n) is 5.91. The number of anilines is 2. The fourth-order valence-electron chi connectivity index (χ4n) is 1.73. The largest absolute Gasteiger partial charge is 0.399 e. The molecular weight excluding hydrogens is 220 g/mol. The van der Waals surface area contributed by atoms with Gasteiger partial charge in [0.1, 0.15) is 0 Å². The monoisotopic (exact) mass is 240 g/mol. The lowest BCUT2D eigenvalue weighted by atomic mass is 10.2. The van der Waals surface area contributed by atoms with E-state index in [1.807, 2.05) is 12.1 Å². The Morgan fingerprint density at radius 1 is 1.25 bits per heavy atom. The third-order valence-corrected chi connectivity index (χ3v) is 3.03. The molecule has 0 radical (unpaired) electrons. The SMILES string of the molecule is CCCCCCN(C)c1ccc(N)cc1Cl. The summed E-state index contributed by atoms with van der Waals surface area (Å²) in [6, 6.07) is 5.68. The molecule has 1 aromatic rings. The zero-order chi connectivity index (χ0) is 12.0. The van der Waals surface area contributed by atoms with Crippen LogP contribution in [-0.4, -0.2) is 13.6 Å². The number of benzene rings is 1. The average molecular weight is 241 g/mol. The van der Waals surface area contributed by atoms with E-state index in [1.54, 1.807) is 6.07 Å². The van der Waals surface area contributed by atoms with E-state index in [0.29, 0.717) is 5.69 Å². The van der Waals surface area contributed by atoms with Crippen LogP contribution in [0.4, 0.5) is 11.4 Å². The Bertz CT molecular complexity index is 326. The average Bonchev–Trinajstić information content (AvgIpc) is 2.24. The maximum absolute atomic E-state index is 6.14. The summed E-state index contributed by atoms with van der Waals surface area (Å²) in [4.78, 5) is 2.19. The molecule has 0 fully saturated rings. The van der Waals surface area contributed by atoms with Crippen molar-refractivity contribution in [1.82, 2.24) is 0 Å². The number of nitrogens with two attached hydrogens (primary N) is 1. The van der Waals surface area contributed by atoms with Gasteiger partial charge in [0, 0.05) is 19.3 Å². The summed E-state index contributed by atoms with van der Waals surface area (Å²) >= 11 is 6.14. The third-order valence-electron chi connectivity index (χ3n) is 2.73. The maximum Gasteiger partial charge on any atom is 0.0659 e. The second kappa shape index (κ2) is 6.64. The van der Waals surface area contributed by atoms with Crippen molar-refractivity contribution in [2.45, 2.75) is 32.6 Å². The lowest BCUT2D eigenvalue weighted by Gasteiger charge is -2.20. The number of halogens is 1. The molecule has 16 heavy (non-hydrogen) atoms. The van der Waals surface area contributed by atoms with Crippen LogP contribution in [0.15, 0.2) is 18.2 Å². The molecule has 0 unspecified atom stereocenters. The Labute approximate surface area is 103 Å². The molecule has 2 nitrogen and oxygen atoms in total. The van der Waals surface area contributed by atoms with Crippen molar-refractivity contribution >= 4 is 23.0 Å². The van der Waals surface area contributed by atoms with Gasteiger partial charge in [-0.25, -0.2) is 0 Å². The minimum atomic E-state index is 0.716. The van der Waals surface area contributed by atoms with Gasteiger partial charge in [0.2, 0.25) is 0 Å². The Morgan fingerprint density at radius 2 is 2.00 bits per heavy atom. The van der Waals surface area contributed by atoms with Gasteiger partial charge in [-0.1, -0.05) is 37.8 Å². The first kappa shape index (κ1) is 13.2. The first-order chi connectivity index (χ1) is 7.65. The minimum Gasteiger partial charge on any atom is -0.399 e. The molecule has 0 aliphatic carbocycles. The lowest BCUT2D eigenvalue weighted by molar-refractivity contribution is 0.661. The number of unbranched alkanes of at least 4 members (excludes halogenated alkanes) is 3. The summed E-state index contributed by atoms with van der Waals surface area (Å²) in [6.45, 7) is 3.27. The number of hydrogen-bond acceptors (Lipinski definition) is 2. The zero-order valence-corrected chi connectivity index (χ0v) is 10.9. The van der Waals surface area contributed by atoms with Crippen molar-refractivity contribution in [3.8, 4) is 0 Å². The fourth-order valence-corrected chi connectivity index (χ4v) is 2.06. The van der Waals surface area contributed by atoms with E-state index >= 15 is 0 Å². The van der Waals surface area contributed by atoms with Crippen LogP contribution in [0.25, 0.3) is 0 Å². The van der Waals surface area contributed by atoms with Gasteiger partial charge in [-0.15, -0.1) is 0 Å². The number of rotatable bonds is 6. The summed E-state index contributed by atoms with van der Waals surface area (Å²) < 4.78 is 0. The normalized spacial score (nSPS) is 10.4. The molecule has 0 saturated carbocycles. The molecule has 1 aromatic carbocycles. The summed E-state index contributed by atoms with van der Waals surface area (Å²) in [5, 5.41) is 0.734. The van der Waals surface area contributed by atoms with E-state index in [-0.39, 0.29) is 0 Å². The van der Waals surface area contributed by atoms with Crippen molar-refractivity contribution in [3.05, 3.63) is 23.2 Å². The second-order valence-corrected chi connectivity index (χ2v) is 4.60. The van der Waals surface area contributed by atoms with Crippen LogP contribution in [-0.2, 0) is 0 Å². The predicted molar refractivity (Wildman–Crippen MR) is 73.3 cm³/mol. The van der Waals surface area contributed by atoms with E-state index in [9.17, 15) is 0 Å². The van der Waals surface area contributed by atoms with Crippen LogP contribution in [0.5, 0.6) is 0 Å². The van der Waals surface area contributed by atoms with Gasteiger partial charge in [-0.05, 0) is 24.6 Å². The highest BCUT2D eigenvalue weighted by Crippen LogP contribution is 2.27. The number of hydrogen-bond donors (Lipinski definition) is 1. The molecule has 0 aliphatic rings. The molecule has 3 heteroatoms. The Balaban J connectivity index is 2.49. The van der Waals surface area contributed by atoms with Crippen molar-refractivity contribution in [3.63, 3.8) is 0 Å². The molecular formula is C13H21ClN2. The molecule has 0 atom stereocenters. The van der Waals surface area contributed by atoms with Gasteiger partial charge in [-0.3, -0.25) is 0 Å². The van der Waals surface area contributed by atoms with Gasteiger partial charge in [0.25, 0.3) is 0 Å². The van der Waals surface area contributed by atoms with Crippen molar-refractivity contribution in [2.75, 3.05) is 24.2 Å². The molecule has 0 amide bonds. The van der Waals surface area contributed by atoms with Gasteiger partial charge >= 0.3 is 0 Å². The fraction of sp³-hybridized carbons (Fsp3) is 0.538. The van der Waals surface area contributed by atoms with Crippen molar-refractivity contribution < 1.29 is 0 Å². The summed E-state index contributed by atoms with van der Waals surface area (Å²) in [7, 11) is 2.07. The highest BCUT2D eigenvalue weighted by Gasteiger charge is 2.05. The van der Waals surface area contributed by atoms with E-state index in [0.717, 1.165) is 17.3 Å². The lowest BCUT2D eigenvalue weighted by Crippen LogP contribution is -2.18. The smallest absolute Gasteiger partial charge is 0.0659 e. The standard InChI is InChI=1S/C13H21ClN2/c1-3-4-5-6-9-16(2)13-8-7-11(15)10-12(13)14/h7-8,10H,3-6,9,15H2,1-2H3. The quantitative estimate of drug-likeness (QED) is 0.603. The van der Waals surface area contributed by atoms with Crippen LogP contribution in [0.1, 0.15) is 32.6 Å². The highest BCUT2D eigenvalue weighted by molar-refractivity contribution is 6.33. The van der Waals surface area contributed by atoms with Crippen LogP contribution in [0.3, 0.4) is 0 Å². The third kappa shape index (κ3) is 3.93. The van der Waals surface area contributed by atoms with E-state index in [2.05, 4.69) is 18.9 Å². The first-order valence-corrected chi connectivity index (χ1v) is 6.29. The van der Waals surface area contributed by atoms with Gasteiger partial charge in [-0.2, -0.15) is 0 Å². The van der Waals surface area contributed by atoms with Gasteiger partial charge in [0.15, 0.2) is 0 Å². The minimum absolute atomic E-state index is 0.716. The van der Waals surface area contributed by atoms with Crippen LogP contribution >= 0.6 is 11.6 Å². The van der Waals surface area contributed by atoms with Gasteiger partial charge in [0.05, 0.1) is 10.7 Å². The maximum atomic E-state index is 6.14. The molecule has 0 aromatic heterocycles. The Kier molecular flexibility index (Phi) is 5.47. The van der Waals surface area contributed by atoms with E-state index < -0.39 is 0 Å². The Morgan fingerprint density at radius 3 is 2.62 bits per heavy atom. The number of nitrogen functional groups attached to an aromatic ring is 1. The zero-order valence-electron chi connectivity index (χ0n) is 10.2. The van der Waals surface area contributed by atoms with E-state index in [1.165, 1.54) is 25.7 Å². The van der Waals surface area contributed by atoms with Crippen molar-refractivity contribution in [1.29, 1.82) is 0 Å². The summed E-state index contributed by atoms with van der Waals surface area (Å²) in [6.07, 6.45) is 5.08. The molecule has 90 valence electrons. The molecule has 0 aliphatic heterocycles. The highest BCUT2D eigenvalue weighted by atomic mass is 35.5. The number of nitrogens with zero attached hydrogens (tertiary/aromatic N) is 1. The van der Waals surface area contributed by atoms with Crippen LogP contribution in [0, 0.1) is 0 Å². The van der Waals surface area contributed by atoms with Crippen molar-refractivity contribution in [2.24, 2.45) is 0 Å². The predicted octanol–water partition coefficient (Wildman–Crippen LogP) is 3.94. The molecule has 0 bridgehead atoms. The molecule has 0 saturated heterocycles. The van der Waals surface area contributed by atoms with Crippen LogP contribution in [0.2, 0.25) is 5.02 Å². The van der Waals surface area contributed by atoms with Crippen LogP contribution < -0.4 is 10.6 Å². The molecule has 0 heterocycles. The molecule has 0 spiro atoms. The Hall–Kier alpha value is -0.890. The summed E-state index contributed by atoms with van der Waals surface area (Å²) in [5.74, 6) is 0. The van der Waals surface area contributed by atoms with Gasteiger partial charge < -0.3 is 10.6 Å². The molecule has 2 N–H and O–H groups in total. The second-order valence-electron chi connectivity index (χ2n) is 4.19. The molecule has 1 rings (SSSR count). The van der Waals surface area contributed by atoms with E-state index in [4.69, 9.17) is 17.3 Å². The topological polar surface area (TPSA) is 29.3 Å².